The third-order valence-electron chi connectivity index (χ3n) is 3.16. The van der Waals surface area contributed by atoms with Crippen LogP contribution in [0.4, 0.5) is 0 Å². The molecular formula is C16H22N2. The number of nitrogens with two attached hydrogens (primary N) is 1. The first-order valence-electron chi connectivity index (χ1n) is 6.53. The van der Waals surface area contributed by atoms with Gasteiger partial charge in [-0.05, 0) is 42.8 Å². The topological polar surface area (TPSA) is 38.9 Å². The molecule has 0 bridgehead atoms. The normalized spacial score (nSPS) is 12.3. The molecule has 0 amide bonds. The van der Waals surface area contributed by atoms with Gasteiger partial charge in [0.2, 0.25) is 0 Å². The number of nitrogens with zero attached hydrogens (tertiary/aromatic N) is 1. The lowest BCUT2D eigenvalue weighted by Gasteiger charge is -2.19. The molecule has 1 aromatic heterocycles. The zero-order valence-electron chi connectivity index (χ0n) is 11.7. The Hall–Kier alpha value is -1.41. The maximum absolute atomic E-state index is 6.12. The van der Waals surface area contributed by atoms with Gasteiger partial charge in [0.15, 0.2) is 0 Å². The van der Waals surface area contributed by atoms with Crippen molar-refractivity contribution in [2.75, 3.05) is 0 Å². The highest BCUT2D eigenvalue weighted by atomic mass is 14.7. The molecule has 2 rings (SSSR count). The van der Waals surface area contributed by atoms with Crippen molar-refractivity contribution < 1.29 is 0 Å². The van der Waals surface area contributed by atoms with E-state index in [2.05, 4.69) is 43.1 Å². The summed E-state index contributed by atoms with van der Waals surface area (Å²) in [6, 6.07) is 8.70. The third kappa shape index (κ3) is 2.88. The first-order chi connectivity index (χ1) is 8.37. The summed E-state index contributed by atoms with van der Waals surface area (Å²) >= 11 is 0. The summed E-state index contributed by atoms with van der Waals surface area (Å²) in [6.07, 6.45) is 2.67. The van der Waals surface area contributed by atoms with Gasteiger partial charge in [-0.1, -0.05) is 26.0 Å². The molecule has 0 spiro atoms. The zero-order chi connectivity index (χ0) is 13.3. The lowest BCUT2D eigenvalue weighted by Crippen LogP contribution is -2.34. The fraction of sp³-hybridized carbons (Fsp3) is 0.438. The quantitative estimate of drug-likeness (QED) is 0.892. The molecule has 2 nitrogen and oxygen atoms in total. The molecule has 96 valence electrons. The molecule has 18 heavy (non-hydrogen) atoms. The smallest absolute Gasteiger partial charge is 0.0500 e. The minimum Gasteiger partial charge on any atom is -0.325 e. The van der Waals surface area contributed by atoms with E-state index in [9.17, 15) is 0 Å². The number of pyridine rings is 1. The molecule has 0 radical (unpaired) electrons. The van der Waals surface area contributed by atoms with Crippen molar-refractivity contribution >= 4 is 10.8 Å². The number of hydrogen-bond donors (Lipinski definition) is 1. The van der Waals surface area contributed by atoms with E-state index < -0.39 is 0 Å². The molecule has 0 fully saturated rings. The summed E-state index contributed by atoms with van der Waals surface area (Å²) in [4.78, 5) is 4.51. The average molecular weight is 242 g/mol. The highest BCUT2D eigenvalue weighted by molar-refractivity contribution is 5.85. The van der Waals surface area contributed by atoms with Gasteiger partial charge < -0.3 is 5.73 Å². The van der Waals surface area contributed by atoms with E-state index in [-0.39, 0.29) is 5.54 Å². The van der Waals surface area contributed by atoms with E-state index in [0.29, 0.717) is 5.92 Å². The number of aromatic nitrogens is 1. The van der Waals surface area contributed by atoms with Gasteiger partial charge in [-0.3, -0.25) is 4.98 Å². The number of benzene rings is 1. The molecule has 0 aliphatic carbocycles. The maximum Gasteiger partial charge on any atom is 0.0500 e. The largest absolute Gasteiger partial charge is 0.325 e. The standard InChI is InChI=1S/C16H22N2/c1-11(2)13-6-5-12-7-8-18-15(14(12)9-13)10-16(3,4)17/h5-9,11H,10,17H2,1-4H3. The Morgan fingerprint density at radius 3 is 2.56 bits per heavy atom. The Bertz CT molecular complexity index is 551. The second-order valence-electron chi connectivity index (χ2n) is 6.06. The number of hydrogen-bond acceptors (Lipinski definition) is 2. The van der Waals surface area contributed by atoms with Crippen LogP contribution >= 0.6 is 0 Å². The molecule has 0 aliphatic heterocycles. The first kappa shape index (κ1) is 13.0. The average Bonchev–Trinajstić information content (AvgIpc) is 2.26. The number of rotatable bonds is 3. The highest BCUT2D eigenvalue weighted by Gasteiger charge is 2.15. The van der Waals surface area contributed by atoms with Crippen molar-refractivity contribution in [1.29, 1.82) is 0 Å². The van der Waals surface area contributed by atoms with Crippen LogP contribution in [-0.2, 0) is 6.42 Å². The summed E-state index contributed by atoms with van der Waals surface area (Å²) in [5, 5.41) is 2.48. The van der Waals surface area contributed by atoms with Gasteiger partial charge in [-0.25, -0.2) is 0 Å². The predicted octanol–water partition coefficient (Wildman–Crippen LogP) is 3.64. The molecule has 0 unspecified atom stereocenters. The van der Waals surface area contributed by atoms with E-state index in [4.69, 9.17) is 5.73 Å². The molecule has 1 heterocycles. The second kappa shape index (κ2) is 4.69. The van der Waals surface area contributed by atoms with Crippen LogP contribution in [0.15, 0.2) is 30.5 Å². The maximum atomic E-state index is 6.12. The van der Waals surface area contributed by atoms with Crippen molar-refractivity contribution in [3.05, 3.63) is 41.7 Å². The van der Waals surface area contributed by atoms with E-state index in [1.807, 2.05) is 20.0 Å². The molecule has 2 aromatic rings. The lowest BCUT2D eigenvalue weighted by atomic mass is 9.94. The fourth-order valence-corrected chi connectivity index (χ4v) is 2.18. The van der Waals surface area contributed by atoms with Gasteiger partial charge in [0.1, 0.15) is 0 Å². The van der Waals surface area contributed by atoms with Crippen LogP contribution < -0.4 is 5.73 Å². The van der Waals surface area contributed by atoms with Gasteiger partial charge in [-0.2, -0.15) is 0 Å². The second-order valence-corrected chi connectivity index (χ2v) is 6.06. The van der Waals surface area contributed by atoms with Gasteiger partial charge in [-0.15, -0.1) is 0 Å². The molecule has 2 N–H and O–H groups in total. The highest BCUT2D eigenvalue weighted by Crippen LogP contribution is 2.24. The zero-order valence-corrected chi connectivity index (χ0v) is 11.7. The summed E-state index contributed by atoms with van der Waals surface area (Å²) < 4.78 is 0. The van der Waals surface area contributed by atoms with Crippen molar-refractivity contribution in [2.45, 2.75) is 45.6 Å². The summed E-state index contributed by atoms with van der Waals surface area (Å²) in [5.74, 6) is 0.536. The molecule has 2 heteroatoms. The fourth-order valence-electron chi connectivity index (χ4n) is 2.18. The Labute approximate surface area is 109 Å². The molecule has 0 saturated heterocycles. The van der Waals surface area contributed by atoms with Crippen LogP contribution in [0.2, 0.25) is 0 Å². The van der Waals surface area contributed by atoms with E-state index >= 15 is 0 Å². The van der Waals surface area contributed by atoms with Crippen LogP contribution in [-0.4, -0.2) is 10.5 Å². The monoisotopic (exact) mass is 242 g/mol. The van der Waals surface area contributed by atoms with Crippen molar-refractivity contribution in [1.82, 2.24) is 4.98 Å². The van der Waals surface area contributed by atoms with Crippen LogP contribution in [0.25, 0.3) is 10.8 Å². The van der Waals surface area contributed by atoms with Crippen LogP contribution in [0.5, 0.6) is 0 Å². The Kier molecular flexibility index (Phi) is 3.40. The van der Waals surface area contributed by atoms with Gasteiger partial charge >= 0.3 is 0 Å². The summed E-state index contributed by atoms with van der Waals surface area (Å²) in [5.41, 5.74) is 8.34. The van der Waals surface area contributed by atoms with Crippen LogP contribution in [0, 0.1) is 0 Å². The van der Waals surface area contributed by atoms with Gasteiger partial charge in [0.05, 0.1) is 0 Å². The molecule has 0 saturated carbocycles. The predicted molar refractivity (Wildman–Crippen MR) is 77.8 cm³/mol. The molecule has 0 aliphatic rings. The van der Waals surface area contributed by atoms with Gasteiger partial charge in [0, 0.05) is 29.2 Å². The van der Waals surface area contributed by atoms with Gasteiger partial charge in [0.25, 0.3) is 0 Å². The lowest BCUT2D eigenvalue weighted by molar-refractivity contribution is 0.512. The Morgan fingerprint density at radius 1 is 1.22 bits per heavy atom. The van der Waals surface area contributed by atoms with E-state index in [0.717, 1.165) is 12.1 Å². The minimum atomic E-state index is -0.227. The van der Waals surface area contributed by atoms with Crippen LogP contribution in [0.1, 0.15) is 44.9 Å². The van der Waals surface area contributed by atoms with Crippen molar-refractivity contribution in [3.63, 3.8) is 0 Å². The van der Waals surface area contributed by atoms with Crippen molar-refractivity contribution in [2.24, 2.45) is 5.73 Å². The third-order valence-corrected chi connectivity index (χ3v) is 3.16. The molecule has 0 atom stereocenters. The molecule has 1 aromatic carbocycles. The minimum absolute atomic E-state index is 0.227. The SMILES string of the molecule is CC(C)c1ccc2ccnc(CC(C)(C)N)c2c1. The number of fused-ring (bicyclic) bond motifs is 1. The first-order valence-corrected chi connectivity index (χ1v) is 6.53. The Balaban J connectivity index is 2.55. The van der Waals surface area contributed by atoms with E-state index in [1.54, 1.807) is 0 Å². The molecular weight excluding hydrogens is 220 g/mol. The van der Waals surface area contributed by atoms with E-state index in [1.165, 1.54) is 16.3 Å². The Morgan fingerprint density at radius 2 is 1.94 bits per heavy atom. The summed E-state index contributed by atoms with van der Waals surface area (Å²) in [7, 11) is 0. The summed E-state index contributed by atoms with van der Waals surface area (Å²) in [6.45, 7) is 8.51. The van der Waals surface area contributed by atoms with Crippen LogP contribution in [0.3, 0.4) is 0 Å². The van der Waals surface area contributed by atoms with Crippen molar-refractivity contribution in [3.8, 4) is 0 Å².